The summed E-state index contributed by atoms with van der Waals surface area (Å²) in [5.41, 5.74) is 1.47. The number of ether oxygens (including phenoxy) is 1. The van der Waals surface area contributed by atoms with Crippen molar-refractivity contribution in [3.63, 3.8) is 0 Å². The summed E-state index contributed by atoms with van der Waals surface area (Å²) >= 11 is 1.44. The Morgan fingerprint density at radius 1 is 1.00 bits per heavy atom. The molecule has 0 saturated carbocycles. The number of fused-ring (bicyclic) bond motifs is 2. The highest BCUT2D eigenvalue weighted by Crippen LogP contribution is 2.30. The zero-order chi connectivity index (χ0) is 19.8. The van der Waals surface area contributed by atoms with Crippen molar-refractivity contribution in [2.24, 2.45) is 0 Å². The van der Waals surface area contributed by atoms with Crippen LogP contribution >= 0.6 is 11.3 Å². The minimum Gasteiger partial charge on any atom is -0.423 e. The summed E-state index contributed by atoms with van der Waals surface area (Å²) in [6, 6.07) is 17.5. The van der Waals surface area contributed by atoms with Crippen molar-refractivity contribution in [3.8, 4) is 16.3 Å². The van der Waals surface area contributed by atoms with Crippen molar-refractivity contribution in [2.45, 2.75) is 0 Å². The molecule has 0 spiro atoms. The number of esters is 1. The number of hydrogen-bond acceptors (Lipinski definition) is 7. The van der Waals surface area contributed by atoms with Gasteiger partial charge in [0.05, 0.1) is 21.3 Å². The van der Waals surface area contributed by atoms with Gasteiger partial charge >= 0.3 is 11.6 Å². The summed E-state index contributed by atoms with van der Waals surface area (Å²) in [6.45, 7) is 0. The minimum atomic E-state index is -0.514. The zero-order valence-electron chi connectivity index (χ0n) is 14.9. The van der Waals surface area contributed by atoms with E-state index in [0.717, 1.165) is 10.2 Å². The zero-order valence-corrected chi connectivity index (χ0v) is 15.7. The van der Waals surface area contributed by atoms with Gasteiger partial charge in [0, 0.05) is 23.8 Å². The number of carbonyl (C=O) groups excluding carboxylic acids is 1. The number of para-hydroxylation sites is 1. The highest BCUT2D eigenvalue weighted by molar-refractivity contribution is 7.21. The lowest BCUT2D eigenvalue weighted by Gasteiger charge is -2.05. The van der Waals surface area contributed by atoms with Crippen LogP contribution in [-0.2, 0) is 0 Å². The Morgan fingerprint density at radius 3 is 2.66 bits per heavy atom. The molecule has 0 aliphatic heterocycles. The van der Waals surface area contributed by atoms with Crippen LogP contribution in [-0.4, -0.2) is 15.9 Å². The number of thiazole rings is 1. The van der Waals surface area contributed by atoms with Gasteiger partial charge in [0.25, 0.3) is 0 Å². The maximum atomic E-state index is 12.6. The molecule has 2 aromatic carbocycles. The molecule has 7 heteroatoms. The molecule has 3 aromatic heterocycles. The average Bonchev–Trinajstić information content (AvgIpc) is 3.18. The van der Waals surface area contributed by atoms with Gasteiger partial charge in [-0.1, -0.05) is 12.1 Å². The molecule has 0 saturated heterocycles. The van der Waals surface area contributed by atoms with E-state index >= 15 is 0 Å². The maximum absolute atomic E-state index is 12.6. The third-order valence-electron chi connectivity index (χ3n) is 4.36. The van der Waals surface area contributed by atoms with Gasteiger partial charge in [-0.05, 0) is 42.5 Å². The van der Waals surface area contributed by atoms with Gasteiger partial charge in [-0.15, -0.1) is 11.3 Å². The van der Waals surface area contributed by atoms with Crippen molar-refractivity contribution >= 4 is 38.5 Å². The molecule has 29 heavy (non-hydrogen) atoms. The molecule has 0 aliphatic carbocycles. The van der Waals surface area contributed by atoms with Gasteiger partial charge < -0.3 is 9.15 Å². The molecule has 0 radical (unpaired) electrons. The van der Waals surface area contributed by atoms with E-state index in [1.807, 2.05) is 24.3 Å². The summed E-state index contributed by atoms with van der Waals surface area (Å²) in [6.07, 6.45) is 3.03. The second kappa shape index (κ2) is 6.96. The third kappa shape index (κ3) is 3.28. The van der Waals surface area contributed by atoms with Crippen molar-refractivity contribution in [1.29, 1.82) is 0 Å². The molecule has 0 aliphatic rings. The lowest BCUT2D eigenvalue weighted by Crippen LogP contribution is -2.08. The molecule has 0 amide bonds. The van der Waals surface area contributed by atoms with E-state index in [1.54, 1.807) is 30.3 Å². The van der Waals surface area contributed by atoms with E-state index in [-0.39, 0.29) is 5.75 Å². The van der Waals surface area contributed by atoms with Gasteiger partial charge in [-0.25, -0.2) is 14.6 Å². The maximum Gasteiger partial charge on any atom is 0.346 e. The third-order valence-corrected chi connectivity index (χ3v) is 5.43. The van der Waals surface area contributed by atoms with E-state index < -0.39 is 11.6 Å². The Kier molecular flexibility index (Phi) is 4.14. The van der Waals surface area contributed by atoms with Crippen molar-refractivity contribution in [3.05, 3.63) is 89.0 Å². The van der Waals surface area contributed by atoms with Crippen LogP contribution in [0.25, 0.3) is 31.8 Å². The molecule has 0 atom stereocenters. The highest BCUT2D eigenvalue weighted by atomic mass is 32.1. The first-order valence-corrected chi connectivity index (χ1v) is 9.55. The van der Waals surface area contributed by atoms with E-state index in [9.17, 15) is 9.59 Å². The van der Waals surface area contributed by atoms with Gasteiger partial charge in [0.1, 0.15) is 16.3 Å². The van der Waals surface area contributed by atoms with E-state index in [2.05, 4.69) is 9.97 Å². The number of aromatic nitrogens is 2. The number of nitrogens with zero attached hydrogens (tertiary/aromatic N) is 2. The molecule has 0 N–H and O–H groups in total. The summed E-state index contributed by atoms with van der Waals surface area (Å²) < 4.78 is 11.8. The Hall–Kier alpha value is -3.84. The predicted molar refractivity (Wildman–Crippen MR) is 110 cm³/mol. The van der Waals surface area contributed by atoms with Crippen LogP contribution in [0.15, 0.2) is 82.3 Å². The monoisotopic (exact) mass is 400 g/mol. The molecular formula is C22H12N2O4S. The number of rotatable bonds is 3. The first kappa shape index (κ1) is 17.3. The van der Waals surface area contributed by atoms with Gasteiger partial charge in [-0.3, -0.25) is 4.98 Å². The summed E-state index contributed by atoms with van der Waals surface area (Å²) in [5, 5.41) is 1.32. The molecule has 140 valence electrons. The normalized spacial score (nSPS) is 11.0. The summed E-state index contributed by atoms with van der Waals surface area (Å²) in [4.78, 5) is 33.1. The van der Waals surface area contributed by atoms with Crippen LogP contribution in [0.1, 0.15) is 10.4 Å². The molecular weight excluding hydrogens is 388 g/mol. The minimum absolute atomic E-state index is 0.287. The van der Waals surface area contributed by atoms with Gasteiger partial charge in [0.15, 0.2) is 0 Å². The number of pyridine rings is 1. The highest BCUT2D eigenvalue weighted by Gasteiger charge is 2.14. The summed E-state index contributed by atoms with van der Waals surface area (Å²) in [7, 11) is 0. The molecule has 0 fully saturated rings. The standard InChI is InChI=1S/C22H12N2O4S/c25-21(13-7-9-23-10-8-13)27-15-6-5-14-11-16(22(26)28-18(14)12-15)20-24-17-3-1-2-4-19(17)29-20/h1-12H. The lowest BCUT2D eigenvalue weighted by atomic mass is 10.2. The molecule has 0 bridgehead atoms. The second-order valence-electron chi connectivity index (χ2n) is 6.26. The first-order valence-electron chi connectivity index (χ1n) is 8.73. The van der Waals surface area contributed by atoms with Gasteiger partial charge in [0.2, 0.25) is 0 Å². The first-order chi connectivity index (χ1) is 14.2. The molecule has 5 rings (SSSR count). The van der Waals surface area contributed by atoms with Crippen LogP contribution in [0.3, 0.4) is 0 Å². The molecule has 6 nitrogen and oxygen atoms in total. The van der Waals surface area contributed by atoms with Crippen LogP contribution in [0.4, 0.5) is 0 Å². The number of benzene rings is 2. The fraction of sp³-hybridized carbons (Fsp3) is 0. The Morgan fingerprint density at radius 2 is 1.83 bits per heavy atom. The van der Waals surface area contributed by atoms with Crippen LogP contribution < -0.4 is 10.4 Å². The Bertz CT molecular complexity index is 1390. The topological polar surface area (TPSA) is 82.3 Å². The quantitative estimate of drug-likeness (QED) is 0.248. The Balaban J connectivity index is 1.51. The van der Waals surface area contributed by atoms with E-state index in [0.29, 0.717) is 27.1 Å². The van der Waals surface area contributed by atoms with E-state index in [1.165, 1.54) is 29.8 Å². The number of hydrogen-bond donors (Lipinski definition) is 0. The van der Waals surface area contributed by atoms with Crippen molar-refractivity contribution in [1.82, 2.24) is 9.97 Å². The Labute approximate surface area is 168 Å². The smallest absolute Gasteiger partial charge is 0.346 e. The average molecular weight is 400 g/mol. The van der Waals surface area contributed by atoms with E-state index in [4.69, 9.17) is 9.15 Å². The van der Waals surface area contributed by atoms with Crippen LogP contribution in [0.5, 0.6) is 5.75 Å². The van der Waals surface area contributed by atoms with Gasteiger partial charge in [-0.2, -0.15) is 0 Å². The molecule has 3 heterocycles. The van der Waals surface area contributed by atoms with Crippen LogP contribution in [0.2, 0.25) is 0 Å². The molecule has 5 aromatic rings. The SMILES string of the molecule is O=C(Oc1ccc2cc(-c3nc4ccccc4s3)c(=O)oc2c1)c1ccncc1. The molecule has 0 unspecified atom stereocenters. The summed E-state index contributed by atoms with van der Waals surface area (Å²) in [5.74, 6) is -0.226. The van der Waals surface area contributed by atoms with Crippen molar-refractivity contribution < 1.29 is 13.9 Å². The second-order valence-corrected chi connectivity index (χ2v) is 7.29. The van der Waals surface area contributed by atoms with Crippen molar-refractivity contribution in [2.75, 3.05) is 0 Å². The van der Waals surface area contributed by atoms with Crippen LogP contribution in [0, 0.1) is 0 Å². The fourth-order valence-corrected chi connectivity index (χ4v) is 3.91. The lowest BCUT2D eigenvalue weighted by molar-refractivity contribution is 0.0735. The largest absolute Gasteiger partial charge is 0.423 e. The predicted octanol–water partition coefficient (Wildman–Crippen LogP) is 4.68. The number of carbonyl (C=O) groups is 1. The fourth-order valence-electron chi connectivity index (χ4n) is 2.95.